The maximum Gasteiger partial charge on any atom is 0.419 e. The van der Waals surface area contributed by atoms with E-state index in [4.69, 9.17) is 0 Å². The van der Waals surface area contributed by atoms with Crippen LogP contribution in [0.15, 0.2) is 46.7 Å². The van der Waals surface area contributed by atoms with Gasteiger partial charge < -0.3 is 25.3 Å². The summed E-state index contributed by atoms with van der Waals surface area (Å²) >= 11 is 0. The van der Waals surface area contributed by atoms with Gasteiger partial charge in [0.2, 0.25) is 5.91 Å². The lowest BCUT2D eigenvalue weighted by molar-refractivity contribution is -0.141. The highest BCUT2D eigenvalue weighted by Crippen LogP contribution is 2.31. The number of carbonyl (C=O) groups excluding carboxylic acids is 1. The Hall–Kier alpha value is -3.01. The lowest BCUT2D eigenvalue weighted by atomic mass is 9.90. The zero-order chi connectivity index (χ0) is 32.3. The first-order valence-electron chi connectivity index (χ1n) is 16.4. The monoisotopic (exact) mass is 618 g/mol. The van der Waals surface area contributed by atoms with Gasteiger partial charge in [0.05, 0.1) is 5.57 Å². The molecule has 1 amide bonds. The molecular formula is C34H53F3N6O. The second kappa shape index (κ2) is 16.9. The number of alkyl halides is 3. The van der Waals surface area contributed by atoms with Crippen LogP contribution in [0, 0.1) is 5.92 Å². The predicted octanol–water partition coefficient (Wildman–Crippen LogP) is 6.98. The van der Waals surface area contributed by atoms with Crippen molar-refractivity contribution in [1.29, 1.82) is 0 Å². The Morgan fingerprint density at radius 1 is 1.11 bits per heavy atom. The van der Waals surface area contributed by atoms with Gasteiger partial charge in [0, 0.05) is 74.5 Å². The molecule has 0 saturated carbocycles. The highest BCUT2D eigenvalue weighted by molar-refractivity contribution is 5.95. The van der Waals surface area contributed by atoms with E-state index in [0.717, 1.165) is 81.4 Å². The second-order valence-corrected chi connectivity index (χ2v) is 12.1. The summed E-state index contributed by atoms with van der Waals surface area (Å²) in [5.74, 6) is 0.602. The van der Waals surface area contributed by atoms with Crippen LogP contribution in [0.25, 0.3) is 0 Å². The summed E-state index contributed by atoms with van der Waals surface area (Å²) in [6.07, 6.45) is 3.22. The Labute approximate surface area is 262 Å². The molecule has 1 aromatic carbocycles. The Morgan fingerprint density at radius 2 is 1.84 bits per heavy atom. The van der Waals surface area contributed by atoms with E-state index < -0.39 is 11.7 Å². The van der Waals surface area contributed by atoms with Gasteiger partial charge in [-0.3, -0.25) is 4.79 Å². The van der Waals surface area contributed by atoms with E-state index >= 15 is 0 Å². The van der Waals surface area contributed by atoms with Gasteiger partial charge in [-0.25, -0.2) is 4.99 Å². The SMILES string of the molecule is CCC/C=C(NCCCN1C(=O)C(CC)CCC1C)/C(=C\N=C(C)Nc1ccc(N2CCN(C)CC2)cc1CC)C(F)(F)F. The third-order valence-corrected chi connectivity index (χ3v) is 8.76. The lowest BCUT2D eigenvalue weighted by Gasteiger charge is -2.37. The van der Waals surface area contributed by atoms with Crippen LogP contribution in [0.5, 0.6) is 0 Å². The van der Waals surface area contributed by atoms with Crippen LogP contribution in [-0.4, -0.2) is 80.1 Å². The topological polar surface area (TPSA) is 63.2 Å². The minimum absolute atomic E-state index is 0.0335. The van der Waals surface area contributed by atoms with Gasteiger partial charge in [-0.15, -0.1) is 0 Å². The molecule has 246 valence electrons. The number of allylic oxidation sites excluding steroid dienone is 2. The third kappa shape index (κ3) is 10.0. The Bertz CT molecular complexity index is 1170. The van der Waals surface area contributed by atoms with Crippen LogP contribution >= 0.6 is 0 Å². The number of aliphatic imine (C=N–C) groups is 1. The molecule has 0 radical (unpaired) electrons. The first-order valence-corrected chi connectivity index (χ1v) is 16.4. The number of piperazine rings is 1. The maximum absolute atomic E-state index is 14.3. The van der Waals surface area contributed by atoms with Crippen molar-refractivity contribution < 1.29 is 18.0 Å². The van der Waals surface area contributed by atoms with Crippen LogP contribution < -0.4 is 15.5 Å². The van der Waals surface area contributed by atoms with Crippen molar-refractivity contribution in [3.63, 3.8) is 0 Å². The minimum Gasteiger partial charge on any atom is -0.385 e. The number of rotatable bonds is 13. The molecule has 2 unspecified atom stereocenters. The van der Waals surface area contributed by atoms with E-state index in [1.54, 1.807) is 13.0 Å². The molecule has 0 spiro atoms. The number of halogens is 3. The molecule has 0 aromatic heterocycles. The number of amidine groups is 1. The number of hydrogen-bond acceptors (Lipinski definition) is 5. The van der Waals surface area contributed by atoms with Crippen molar-refractivity contribution in [1.82, 2.24) is 15.1 Å². The lowest BCUT2D eigenvalue weighted by Crippen LogP contribution is -2.47. The Morgan fingerprint density at radius 3 is 2.48 bits per heavy atom. The fourth-order valence-corrected chi connectivity index (χ4v) is 5.86. The largest absolute Gasteiger partial charge is 0.419 e. The zero-order valence-electron chi connectivity index (χ0n) is 27.6. The van der Waals surface area contributed by atoms with Gasteiger partial charge in [-0.2, -0.15) is 13.2 Å². The van der Waals surface area contributed by atoms with Crippen LogP contribution in [0.3, 0.4) is 0 Å². The van der Waals surface area contributed by atoms with Crippen LogP contribution in [-0.2, 0) is 11.2 Å². The quantitative estimate of drug-likeness (QED) is 0.108. The van der Waals surface area contributed by atoms with Gasteiger partial charge in [0.15, 0.2) is 0 Å². The number of amides is 1. The molecule has 2 saturated heterocycles. The molecule has 0 bridgehead atoms. The van der Waals surface area contributed by atoms with E-state index in [9.17, 15) is 18.0 Å². The van der Waals surface area contributed by atoms with Gasteiger partial charge in [0.25, 0.3) is 0 Å². The molecular weight excluding hydrogens is 565 g/mol. The summed E-state index contributed by atoms with van der Waals surface area (Å²) in [5, 5.41) is 6.25. The fraction of sp³-hybridized carbons (Fsp3) is 0.647. The van der Waals surface area contributed by atoms with Gasteiger partial charge in [0.1, 0.15) is 5.84 Å². The summed E-state index contributed by atoms with van der Waals surface area (Å²) in [6, 6.07) is 6.37. The van der Waals surface area contributed by atoms with Crippen molar-refractivity contribution >= 4 is 23.1 Å². The van der Waals surface area contributed by atoms with Crippen molar-refractivity contribution in [3.8, 4) is 0 Å². The van der Waals surface area contributed by atoms with E-state index in [2.05, 4.69) is 51.5 Å². The molecule has 2 atom stereocenters. The van der Waals surface area contributed by atoms with Crippen molar-refractivity contribution in [2.45, 2.75) is 91.8 Å². The zero-order valence-corrected chi connectivity index (χ0v) is 27.6. The molecule has 44 heavy (non-hydrogen) atoms. The highest BCUT2D eigenvalue weighted by Gasteiger charge is 2.36. The standard InChI is InChI=1S/C34H53F3N6O/c1-7-10-12-32(38-17-11-18-43-25(4)13-14-27(8-2)33(43)44)30(34(35,36)37)24-39-26(5)40-31-16-15-29(23-28(31)9-3)42-21-19-41(6)20-22-42/h12,15-16,23-25,27,38H,7-11,13-14,17-22H2,1-6H3,(H,39,40)/b30-24+,32-12-. The number of nitrogens with one attached hydrogen (secondary N) is 2. The fourth-order valence-electron chi connectivity index (χ4n) is 5.86. The Balaban J connectivity index is 1.71. The Kier molecular flexibility index (Phi) is 13.6. The summed E-state index contributed by atoms with van der Waals surface area (Å²) in [4.78, 5) is 23.6. The number of piperidine rings is 1. The number of unbranched alkanes of at least 4 members (excludes halogenated alkanes) is 1. The number of likely N-dealkylation sites (N-methyl/N-ethyl adjacent to an activating group) is 1. The smallest absolute Gasteiger partial charge is 0.385 e. The van der Waals surface area contributed by atoms with Gasteiger partial charge in [-0.05, 0) is 83.2 Å². The number of hydrogen-bond donors (Lipinski definition) is 2. The first kappa shape index (κ1) is 35.5. The number of benzene rings is 1. The average molecular weight is 619 g/mol. The van der Waals surface area contributed by atoms with E-state index in [1.807, 2.05) is 31.7 Å². The van der Waals surface area contributed by atoms with Crippen molar-refractivity contribution in [2.24, 2.45) is 10.9 Å². The second-order valence-electron chi connectivity index (χ2n) is 12.1. The summed E-state index contributed by atoms with van der Waals surface area (Å²) in [5.41, 5.74) is 2.33. The molecule has 2 heterocycles. The first-order chi connectivity index (χ1) is 21.0. The number of likely N-dealkylation sites (tertiary alicyclic amines) is 1. The summed E-state index contributed by atoms with van der Waals surface area (Å²) < 4.78 is 43.0. The van der Waals surface area contributed by atoms with Crippen molar-refractivity contribution in [3.05, 3.63) is 47.3 Å². The van der Waals surface area contributed by atoms with Crippen LogP contribution in [0.1, 0.15) is 78.7 Å². The number of anilines is 2. The summed E-state index contributed by atoms with van der Waals surface area (Å²) in [6.45, 7) is 14.6. The summed E-state index contributed by atoms with van der Waals surface area (Å²) in [7, 11) is 2.13. The van der Waals surface area contributed by atoms with E-state index in [1.165, 1.54) is 0 Å². The van der Waals surface area contributed by atoms with E-state index in [0.29, 0.717) is 31.8 Å². The van der Waals surface area contributed by atoms with E-state index in [-0.39, 0.29) is 23.6 Å². The molecule has 0 aliphatic carbocycles. The van der Waals surface area contributed by atoms with Crippen molar-refractivity contribution in [2.75, 3.05) is 56.5 Å². The molecule has 2 N–H and O–H groups in total. The number of aryl methyl sites for hydroxylation is 1. The molecule has 2 aliphatic rings. The number of nitrogens with zero attached hydrogens (tertiary/aromatic N) is 4. The highest BCUT2D eigenvalue weighted by atomic mass is 19.4. The molecule has 3 rings (SSSR count). The molecule has 10 heteroatoms. The molecule has 1 aromatic rings. The maximum atomic E-state index is 14.3. The van der Waals surface area contributed by atoms with Gasteiger partial charge in [-0.1, -0.05) is 33.3 Å². The normalized spacial score (nSPS) is 21.2. The molecule has 2 aliphatic heterocycles. The van der Waals surface area contributed by atoms with Crippen LogP contribution in [0.2, 0.25) is 0 Å². The van der Waals surface area contributed by atoms with Gasteiger partial charge >= 0.3 is 6.18 Å². The predicted molar refractivity (Wildman–Crippen MR) is 176 cm³/mol. The van der Waals surface area contributed by atoms with Crippen LogP contribution in [0.4, 0.5) is 24.5 Å². The minimum atomic E-state index is -4.58. The number of carbonyl (C=O) groups is 1. The third-order valence-electron chi connectivity index (χ3n) is 8.76. The molecule has 7 nitrogen and oxygen atoms in total. The molecule has 2 fully saturated rings. The average Bonchev–Trinajstić information content (AvgIpc) is 2.99.